The Bertz CT molecular complexity index is 363. The van der Waals surface area contributed by atoms with Crippen molar-refractivity contribution in [3.63, 3.8) is 0 Å². The summed E-state index contributed by atoms with van der Waals surface area (Å²) in [5.41, 5.74) is 2.02. The van der Waals surface area contributed by atoms with Crippen LogP contribution in [0, 0.1) is 6.92 Å². The van der Waals surface area contributed by atoms with Crippen LogP contribution in [0.5, 0.6) is 0 Å². The number of hydrogen-bond donors (Lipinski definition) is 0. The molecule has 1 aromatic heterocycles. The normalized spacial score (nSPS) is 10.1. The summed E-state index contributed by atoms with van der Waals surface area (Å²) in [7, 11) is 0. The summed E-state index contributed by atoms with van der Waals surface area (Å²) < 4.78 is 1.81. The van der Waals surface area contributed by atoms with E-state index in [2.05, 4.69) is 12.0 Å². The van der Waals surface area contributed by atoms with Crippen LogP contribution >= 0.6 is 0 Å². The summed E-state index contributed by atoms with van der Waals surface area (Å²) in [5, 5.41) is 4.12. The Morgan fingerprint density at radius 1 is 1.17 bits per heavy atom. The van der Waals surface area contributed by atoms with Crippen LogP contribution < -0.4 is 0 Å². The molecule has 0 spiro atoms. The van der Waals surface area contributed by atoms with E-state index in [-0.39, 0.29) is 0 Å². The SMILES string of the molecule is [CH2]c1ccccc1-n1cccn1. The van der Waals surface area contributed by atoms with E-state index >= 15 is 0 Å². The first-order chi connectivity index (χ1) is 5.88. The van der Waals surface area contributed by atoms with E-state index in [9.17, 15) is 0 Å². The second-order valence-electron chi connectivity index (χ2n) is 2.58. The zero-order valence-electron chi connectivity index (χ0n) is 6.64. The van der Waals surface area contributed by atoms with Gasteiger partial charge in [0.15, 0.2) is 0 Å². The van der Waals surface area contributed by atoms with Crippen molar-refractivity contribution in [3.8, 4) is 5.69 Å². The predicted octanol–water partition coefficient (Wildman–Crippen LogP) is 2.05. The lowest BCUT2D eigenvalue weighted by Crippen LogP contribution is -1.95. The molecule has 0 saturated heterocycles. The molecule has 2 rings (SSSR count). The van der Waals surface area contributed by atoms with Crippen LogP contribution in [0.15, 0.2) is 42.7 Å². The molecule has 2 aromatic rings. The van der Waals surface area contributed by atoms with E-state index in [4.69, 9.17) is 0 Å². The van der Waals surface area contributed by atoms with Crippen molar-refractivity contribution < 1.29 is 0 Å². The first-order valence-corrected chi connectivity index (χ1v) is 3.79. The van der Waals surface area contributed by atoms with Crippen molar-refractivity contribution >= 4 is 0 Å². The van der Waals surface area contributed by atoms with Gasteiger partial charge in [-0.3, -0.25) is 0 Å². The molecule has 12 heavy (non-hydrogen) atoms. The summed E-state index contributed by atoms with van der Waals surface area (Å²) in [5.74, 6) is 0. The number of aromatic nitrogens is 2. The Balaban J connectivity index is 2.55. The van der Waals surface area contributed by atoms with Gasteiger partial charge in [0, 0.05) is 12.4 Å². The first kappa shape index (κ1) is 7.10. The average molecular weight is 157 g/mol. The van der Waals surface area contributed by atoms with Crippen LogP contribution in [0.4, 0.5) is 0 Å². The molecule has 1 radical (unpaired) electrons. The third-order valence-electron chi connectivity index (χ3n) is 1.74. The van der Waals surface area contributed by atoms with Gasteiger partial charge in [-0.2, -0.15) is 5.10 Å². The average Bonchev–Trinajstić information content (AvgIpc) is 2.57. The zero-order chi connectivity index (χ0) is 8.39. The van der Waals surface area contributed by atoms with Crippen molar-refractivity contribution in [3.05, 3.63) is 55.2 Å². The molecule has 0 N–H and O–H groups in total. The van der Waals surface area contributed by atoms with Crippen LogP contribution in [0.2, 0.25) is 0 Å². The molecule has 2 heteroatoms. The lowest BCUT2D eigenvalue weighted by Gasteiger charge is -2.03. The van der Waals surface area contributed by atoms with Crippen LogP contribution in [-0.4, -0.2) is 9.78 Å². The zero-order valence-corrected chi connectivity index (χ0v) is 6.64. The van der Waals surface area contributed by atoms with Gasteiger partial charge in [0.1, 0.15) is 0 Å². The lowest BCUT2D eigenvalue weighted by atomic mass is 10.2. The lowest BCUT2D eigenvalue weighted by molar-refractivity contribution is 0.877. The fraction of sp³-hybridized carbons (Fsp3) is 0. The van der Waals surface area contributed by atoms with E-state index in [1.165, 1.54) is 0 Å². The molecule has 0 atom stereocenters. The van der Waals surface area contributed by atoms with E-state index in [0.717, 1.165) is 11.3 Å². The largest absolute Gasteiger partial charge is 0.241 e. The number of para-hydroxylation sites is 1. The molecule has 0 saturated carbocycles. The highest BCUT2D eigenvalue weighted by atomic mass is 15.3. The molecule has 0 fully saturated rings. The molecule has 59 valence electrons. The maximum Gasteiger partial charge on any atom is 0.0677 e. The molecule has 2 nitrogen and oxygen atoms in total. The number of rotatable bonds is 1. The van der Waals surface area contributed by atoms with Gasteiger partial charge < -0.3 is 0 Å². The Hall–Kier alpha value is -1.57. The summed E-state index contributed by atoms with van der Waals surface area (Å²) in [4.78, 5) is 0. The van der Waals surface area contributed by atoms with E-state index < -0.39 is 0 Å². The first-order valence-electron chi connectivity index (χ1n) is 3.79. The second-order valence-corrected chi connectivity index (χ2v) is 2.58. The quantitative estimate of drug-likeness (QED) is 0.619. The standard InChI is InChI=1S/C10H9N2/c1-9-5-2-3-6-10(9)12-8-4-7-11-12/h2-8H,1H2. The molecule has 1 heterocycles. The maximum absolute atomic E-state index is 4.12. The van der Waals surface area contributed by atoms with Gasteiger partial charge >= 0.3 is 0 Å². The minimum Gasteiger partial charge on any atom is -0.241 e. The molecule has 0 bridgehead atoms. The Morgan fingerprint density at radius 3 is 2.67 bits per heavy atom. The van der Waals surface area contributed by atoms with Crippen molar-refractivity contribution in [2.24, 2.45) is 0 Å². The topological polar surface area (TPSA) is 17.8 Å². The van der Waals surface area contributed by atoms with E-state index in [1.54, 1.807) is 6.20 Å². The number of benzene rings is 1. The highest BCUT2D eigenvalue weighted by Gasteiger charge is 1.97. The maximum atomic E-state index is 4.12. The minimum absolute atomic E-state index is 0.987. The monoisotopic (exact) mass is 157 g/mol. The highest BCUT2D eigenvalue weighted by Crippen LogP contribution is 2.10. The smallest absolute Gasteiger partial charge is 0.0677 e. The molecular weight excluding hydrogens is 148 g/mol. The van der Waals surface area contributed by atoms with Crippen molar-refractivity contribution in [2.75, 3.05) is 0 Å². The fourth-order valence-corrected chi connectivity index (χ4v) is 1.15. The number of hydrogen-bond acceptors (Lipinski definition) is 1. The van der Waals surface area contributed by atoms with Crippen molar-refractivity contribution in [1.82, 2.24) is 9.78 Å². The summed E-state index contributed by atoms with van der Waals surface area (Å²) >= 11 is 0. The molecule has 1 aromatic carbocycles. The van der Waals surface area contributed by atoms with Crippen molar-refractivity contribution in [1.29, 1.82) is 0 Å². The van der Waals surface area contributed by atoms with Crippen molar-refractivity contribution in [2.45, 2.75) is 0 Å². The summed E-state index contributed by atoms with van der Waals surface area (Å²) in [6, 6.07) is 9.81. The minimum atomic E-state index is 0.987. The Kier molecular flexibility index (Phi) is 1.67. The van der Waals surface area contributed by atoms with Gasteiger partial charge in [-0.25, -0.2) is 4.68 Å². The highest BCUT2D eigenvalue weighted by molar-refractivity contribution is 5.41. The van der Waals surface area contributed by atoms with Crippen LogP contribution in [-0.2, 0) is 0 Å². The molecule has 0 aliphatic heterocycles. The van der Waals surface area contributed by atoms with E-state index in [1.807, 2.05) is 41.2 Å². The Labute approximate surface area is 71.5 Å². The third-order valence-corrected chi connectivity index (χ3v) is 1.74. The van der Waals surface area contributed by atoms with Gasteiger partial charge in [-0.15, -0.1) is 0 Å². The van der Waals surface area contributed by atoms with Gasteiger partial charge in [-0.05, 0) is 24.6 Å². The third kappa shape index (κ3) is 1.11. The summed E-state index contributed by atoms with van der Waals surface area (Å²) in [6.45, 7) is 3.92. The molecule has 0 unspecified atom stereocenters. The molecule has 0 aliphatic rings. The summed E-state index contributed by atoms with van der Waals surface area (Å²) in [6.07, 6.45) is 3.66. The van der Waals surface area contributed by atoms with E-state index in [0.29, 0.717) is 0 Å². The molecule has 0 aliphatic carbocycles. The second kappa shape index (κ2) is 2.81. The van der Waals surface area contributed by atoms with Gasteiger partial charge in [-0.1, -0.05) is 18.2 Å². The van der Waals surface area contributed by atoms with Crippen LogP contribution in [0.1, 0.15) is 5.56 Å². The predicted molar refractivity (Wildman–Crippen MR) is 48.0 cm³/mol. The number of nitrogens with zero attached hydrogens (tertiary/aromatic N) is 2. The Morgan fingerprint density at radius 2 is 2.00 bits per heavy atom. The van der Waals surface area contributed by atoms with Gasteiger partial charge in [0.05, 0.1) is 5.69 Å². The van der Waals surface area contributed by atoms with Gasteiger partial charge in [0.2, 0.25) is 0 Å². The molecule has 0 amide bonds. The van der Waals surface area contributed by atoms with Gasteiger partial charge in [0.25, 0.3) is 0 Å². The van der Waals surface area contributed by atoms with Crippen LogP contribution in [0.25, 0.3) is 5.69 Å². The molecular formula is C10H9N2. The van der Waals surface area contributed by atoms with Crippen LogP contribution in [0.3, 0.4) is 0 Å². The fourth-order valence-electron chi connectivity index (χ4n) is 1.15.